The van der Waals surface area contributed by atoms with Gasteiger partial charge in [-0.3, -0.25) is 4.45 Å². The highest BCUT2D eigenvalue weighted by Crippen LogP contribution is 2.14. The molecule has 84 valence electrons. The van der Waals surface area contributed by atoms with Crippen molar-refractivity contribution in [2.24, 2.45) is 5.92 Å². The van der Waals surface area contributed by atoms with Gasteiger partial charge in [0.15, 0.2) is 0 Å². The fraction of sp³-hybridized carbons (Fsp3) is 0.600. The van der Waals surface area contributed by atoms with Gasteiger partial charge in [0.2, 0.25) is 0 Å². The van der Waals surface area contributed by atoms with Crippen molar-refractivity contribution in [1.82, 2.24) is 9.55 Å². The van der Waals surface area contributed by atoms with Gasteiger partial charge in [-0.25, -0.2) is 4.79 Å². The molecule has 0 spiro atoms. The van der Waals surface area contributed by atoms with E-state index in [1.54, 1.807) is 17.6 Å². The SMILES string of the molecule is CCOC(=O)c1cn(P)nc1CC(C)C. The minimum Gasteiger partial charge on any atom is -0.462 e. The maximum absolute atomic E-state index is 11.6. The summed E-state index contributed by atoms with van der Waals surface area (Å²) in [6.45, 7) is 6.38. The largest absolute Gasteiger partial charge is 0.462 e. The second-order valence-corrected chi connectivity index (χ2v) is 4.32. The molecule has 4 nitrogen and oxygen atoms in total. The van der Waals surface area contributed by atoms with Crippen molar-refractivity contribution in [2.75, 3.05) is 6.61 Å². The molecule has 0 aliphatic rings. The number of carbonyl (C=O) groups excluding carboxylic acids is 1. The smallest absolute Gasteiger partial charge is 0.341 e. The van der Waals surface area contributed by atoms with Crippen molar-refractivity contribution in [1.29, 1.82) is 0 Å². The van der Waals surface area contributed by atoms with Crippen LogP contribution >= 0.6 is 9.39 Å². The Hall–Kier alpha value is -0.890. The summed E-state index contributed by atoms with van der Waals surface area (Å²) in [6, 6.07) is 0. The molecule has 0 radical (unpaired) electrons. The topological polar surface area (TPSA) is 44.1 Å². The Bertz CT molecular complexity index is 347. The van der Waals surface area contributed by atoms with Gasteiger partial charge >= 0.3 is 5.97 Å². The van der Waals surface area contributed by atoms with E-state index < -0.39 is 0 Å². The molecule has 1 rings (SSSR count). The highest BCUT2D eigenvalue weighted by atomic mass is 31.0. The summed E-state index contributed by atoms with van der Waals surface area (Å²) >= 11 is 0. The van der Waals surface area contributed by atoms with Gasteiger partial charge in [0, 0.05) is 6.20 Å². The van der Waals surface area contributed by atoms with E-state index in [1.165, 1.54) is 0 Å². The standard InChI is InChI=1S/C10H17N2O2P/c1-4-14-10(13)8-6-12(15)11-9(8)5-7(2)3/h6-7H,4-5,15H2,1-3H3. The fourth-order valence-corrected chi connectivity index (χ4v) is 1.63. The molecule has 0 saturated carbocycles. The second kappa shape index (κ2) is 5.26. The first-order valence-corrected chi connectivity index (χ1v) is 5.57. The molecule has 5 heteroatoms. The van der Waals surface area contributed by atoms with Gasteiger partial charge in [-0.15, -0.1) is 0 Å². The lowest BCUT2D eigenvalue weighted by Crippen LogP contribution is -2.08. The van der Waals surface area contributed by atoms with Crippen molar-refractivity contribution in [3.8, 4) is 0 Å². The number of aromatic nitrogens is 2. The molecule has 0 saturated heterocycles. The van der Waals surface area contributed by atoms with Crippen LogP contribution in [0, 0.1) is 5.92 Å². The van der Waals surface area contributed by atoms with Crippen molar-refractivity contribution >= 4 is 15.4 Å². The van der Waals surface area contributed by atoms with Crippen molar-refractivity contribution < 1.29 is 9.53 Å². The molecule has 0 amide bonds. The average Bonchev–Trinajstić information content (AvgIpc) is 2.46. The molecule has 0 aliphatic carbocycles. The van der Waals surface area contributed by atoms with Crippen LogP contribution < -0.4 is 0 Å². The second-order valence-electron chi connectivity index (χ2n) is 3.79. The van der Waals surface area contributed by atoms with Crippen LogP contribution in [0.5, 0.6) is 0 Å². The zero-order valence-electron chi connectivity index (χ0n) is 9.36. The van der Waals surface area contributed by atoms with E-state index in [4.69, 9.17) is 4.74 Å². The maximum atomic E-state index is 11.6. The van der Waals surface area contributed by atoms with Crippen molar-refractivity contribution in [3.63, 3.8) is 0 Å². The summed E-state index contributed by atoms with van der Waals surface area (Å²) < 4.78 is 6.54. The lowest BCUT2D eigenvalue weighted by Gasteiger charge is -2.04. The first kappa shape index (κ1) is 12.2. The maximum Gasteiger partial charge on any atom is 0.341 e. The number of carbonyl (C=O) groups is 1. The first-order valence-electron chi connectivity index (χ1n) is 5.05. The Kier molecular flexibility index (Phi) is 4.28. The van der Waals surface area contributed by atoms with E-state index in [1.807, 2.05) is 0 Å². The van der Waals surface area contributed by atoms with Crippen LogP contribution in [0.15, 0.2) is 6.20 Å². The lowest BCUT2D eigenvalue weighted by atomic mass is 10.1. The Balaban J connectivity index is 2.90. The summed E-state index contributed by atoms with van der Waals surface area (Å²) in [6.07, 6.45) is 2.47. The van der Waals surface area contributed by atoms with Crippen LogP contribution in [0.4, 0.5) is 0 Å². The number of nitrogens with zero attached hydrogens (tertiary/aromatic N) is 2. The van der Waals surface area contributed by atoms with Crippen molar-refractivity contribution in [2.45, 2.75) is 27.2 Å². The summed E-state index contributed by atoms with van der Waals surface area (Å²) in [5.41, 5.74) is 1.37. The molecule has 0 fully saturated rings. The van der Waals surface area contributed by atoms with Gasteiger partial charge in [-0.05, 0) is 28.7 Å². The van der Waals surface area contributed by atoms with Gasteiger partial charge in [0.25, 0.3) is 0 Å². The number of hydrogen-bond donors (Lipinski definition) is 0. The zero-order valence-corrected chi connectivity index (χ0v) is 10.5. The van der Waals surface area contributed by atoms with E-state index in [2.05, 4.69) is 28.3 Å². The normalized spacial score (nSPS) is 10.7. The fourth-order valence-electron chi connectivity index (χ4n) is 1.35. The Labute approximate surface area is 92.3 Å². The van der Waals surface area contributed by atoms with Gasteiger partial charge in [0.1, 0.15) is 5.56 Å². The van der Waals surface area contributed by atoms with Gasteiger partial charge in [-0.1, -0.05) is 13.8 Å². The van der Waals surface area contributed by atoms with Crippen LogP contribution in [0.1, 0.15) is 36.8 Å². The zero-order chi connectivity index (χ0) is 11.4. The number of hydrogen-bond acceptors (Lipinski definition) is 3. The average molecular weight is 228 g/mol. The predicted molar refractivity (Wildman–Crippen MR) is 61.8 cm³/mol. The van der Waals surface area contributed by atoms with E-state index >= 15 is 0 Å². The molecular weight excluding hydrogens is 211 g/mol. The third-order valence-corrected chi connectivity index (χ3v) is 2.17. The van der Waals surface area contributed by atoms with E-state index in [0.29, 0.717) is 18.1 Å². The molecule has 1 unspecified atom stereocenters. The number of rotatable bonds is 4. The molecule has 0 bridgehead atoms. The van der Waals surface area contributed by atoms with E-state index in [9.17, 15) is 4.79 Å². The minimum absolute atomic E-state index is 0.290. The third kappa shape index (κ3) is 3.31. The van der Waals surface area contributed by atoms with Gasteiger partial charge in [-0.2, -0.15) is 5.10 Å². The Morgan fingerprint density at radius 2 is 2.33 bits per heavy atom. The van der Waals surface area contributed by atoms with E-state index in [-0.39, 0.29) is 5.97 Å². The van der Waals surface area contributed by atoms with Crippen LogP contribution in [-0.4, -0.2) is 22.1 Å². The molecule has 1 heterocycles. The van der Waals surface area contributed by atoms with Gasteiger partial charge < -0.3 is 4.74 Å². The van der Waals surface area contributed by atoms with Crippen LogP contribution in [0.25, 0.3) is 0 Å². The minimum atomic E-state index is -0.290. The Morgan fingerprint density at radius 1 is 1.67 bits per heavy atom. The predicted octanol–water partition coefficient (Wildman–Crippen LogP) is 1.90. The molecule has 0 aliphatic heterocycles. The monoisotopic (exact) mass is 228 g/mol. The van der Waals surface area contributed by atoms with Crippen LogP contribution in [0.3, 0.4) is 0 Å². The lowest BCUT2D eigenvalue weighted by molar-refractivity contribution is 0.0525. The highest BCUT2D eigenvalue weighted by molar-refractivity contribution is 7.14. The molecule has 1 aromatic heterocycles. The van der Waals surface area contributed by atoms with E-state index in [0.717, 1.165) is 12.1 Å². The summed E-state index contributed by atoms with van der Waals surface area (Å²) in [4.78, 5) is 11.6. The molecule has 0 aromatic carbocycles. The van der Waals surface area contributed by atoms with Crippen molar-refractivity contribution in [3.05, 3.63) is 17.5 Å². The highest BCUT2D eigenvalue weighted by Gasteiger charge is 2.17. The molecular formula is C10H17N2O2P. The molecule has 15 heavy (non-hydrogen) atoms. The first-order chi connectivity index (χ1) is 7.04. The third-order valence-electron chi connectivity index (χ3n) is 1.91. The molecule has 1 aromatic rings. The van der Waals surface area contributed by atoms with Gasteiger partial charge in [0.05, 0.1) is 12.3 Å². The number of esters is 1. The summed E-state index contributed by atoms with van der Waals surface area (Å²) in [5.74, 6) is 0.180. The Morgan fingerprint density at radius 3 is 2.87 bits per heavy atom. The molecule has 0 N–H and O–H groups in total. The van der Waals surface area contributed by atoms with Crippen LogP contribution in [-0.2, 0) is 11.2 Å². The number of ether oxygens (including phenoxy) is 1. The van der Waals surface area contributed by atoms with Crippen LogP contribution in [0.2, 0.25) is 0 Å². The molecule has 1 atom stereocenters. The summed E-state index contributed by atoms with van der Waals surface area (Å²) in [5, 5.41) is 4.23. The quantitative estimate of drug-likeness (QED) is 0.584. The summed E-state index contributed by atoms with van der Waals surface area (Å²) in [7, 11) is 2.42.